The van der Waals surface area contributed by atoms with Crippen LogP contribution in [0.5, 0.6) is 11.5 Å². The van der Waals surface area contributed by atoms with Crippen LogP contribution >= 0.6 is 0 Å². The van der Waals surface area contributed by atoms with E-state index in [4.69, 9.17) is 14.2 Å². The molecule has 1 aliphatic heterocycles. The van der Waals surface area contributed by atoms with E-state index in [9.17, 15) is 35.1 Å². The second-order valence-corrected chi connectivity index (χ2v) is 7.72. The fourth-order valence-electron chi connectivity index (χ4n) is 2.88. The van der Waals surface area contributed by atoms with E-state index in [2.05, 4.69) is 10.6 Å². The van der Waals surface area contributed by atoms with Gasteiger partial charge in [0.2, 0.25) is 12.2 Å². The molecule has 0 radical (unpaired) electrons. The summed E-state index contributed by atoms with van der Waals surface area (Å²) in [4.78, 5) is 22.8. The summed E-state index contributed by atoms with van der Waals surface area (Å²) in [6.45, 7) is 5.39. The Morgan fingerprint density at radius 3 is 2.44 bits per heavy atom. The molecule has 1 amide bonds. The van der Waals surface area contributed by atoms with Crippen LogP contribution in [-0.4, -0.2) is 93.4 Å². The predicted molar refractivity (Wildman–Crippen MR) is 110 cm³/mol. The molecule has 12 nitrogen and oxygen atoms in total. The highest BCUT2D eigenvalue weighted by Gasteiger charge is 2.48. The molecule has 1 saturated heterocycles. The number of carboxylic acid groups (broad SMARTS) is 1. The number of amides is 1. The van der Waals surface area contributed by atoms with Gasteiger partial charge in [0.1, 0.15) is 42.5 Å². The Morgan fingerprint density at radius 2 is 1.84 bits per heavy atom. The molecule has 1 fully saturated rings. The van der Waals surface area contributed by atoms with Crippen molar-refractivity contribution in [2.75, 3.05) is 18.5 Å². The third-order valence-corrected chi connectivity index (χ3v) is 4.52. The Morgan fingerprint density at radius 1 is 1.16 bits per heavy atom. The third kappa shape index (κ3) is 7.02. The molecule has 1 aliphatic rings. The van der Waals surface area contributed by atoms with E-state index in [1.165, 1.54) is 25.1 Å². The molecular formula is C20H30N2O10. The number of carbonyl (C=O) groups excluding carboxylic acids is 1. The van der Waals surface area contributed by atoms with Crippen molar-refractivity contribution in [2.45, 2.75) is 63.6 Å². The van der Waals surface area contributed by atoms with Crippen molar-refractivity contribution < 1.29 is 49.3 Å². The number of aliphatic hydroxyl groups excluding tert-OH is 4. The van der Waals surface area contributed by atoms with E-state index in [0.29, 0.717) is 6.54 Å². The first kappa shape index (κ1) is 25.8. The maximum atomic E-state index is 11.5. The first-order chi connectivity index (χ1) is 15.0. The molecule has 2 rings (SSSR count). The molecule has 0 aromatic heterocycles. The Bertz CT molecular complexity index is 790. The summed E-state index contributed by atoms with van der Waals surface area (Å²) in [5.74, 6) is -1.79. The minimum atomic E-state index is -1.87. The van der Waals surface area contributed by atoms with Crippen LogP contribution in [-0.2, 0) is 14.3 Å². The summed E-state index contributed by atoms with van der Waals surface area (Å²) in [6.07, 6.45) is -9.80. The van der Waals surface area contributed by atoms with Crippen molar-refractivity contribution in [3.8, 4) is 11.5 Å². The molecule has 12 heteroatoms. The fourth-order valence-corrected chi connectivity index (χ4v) is 2.88. The fraction of sp³-hybridized carbons (Fsp3) is 0.600. The van der Waals surface area contributed by atoms with E-state index in [0.717, 1.165) is 0 Å². The van der Waals surface area contributed by atoms with Gasteiger partial charge < -0.3 is 50.4 Å². The molecule has 0 aliphatic carbocycles. The smallest absolute Gasteiger partial charge is 0.335 e. The van der Waals surface area contributed by atoms with Crippen molar-refractivity contribution >= 4 is 17.6 Å². The van der Waals surface area contributed by atoms with Crippen LogP contribution in [0.15, 0.2) is 18.2 Å². The van der Waals surface area contributed by atoms with Crippen molar-refractivity contribution in [2.24, 2.45) is 0 Å². The number of aliphatic carboxylic acids is 1. The standard InChI is InChI=1S/C20H30N2O10/c1-9(2)21-7-11(24)8-30-12-4-5-13(22-10(3)23)14(6-12)31-20-17(27)15(25)16(26)18(32-20)19(28)29/h4-6,9,11,15-18,20-21,24-27H,7-8H2,1-3H3,(H,22,23)(H,28,29)/t11?,15-,16-,17+,18-,20+/m0/s1. The summed E-state index contributed by atoms with van der Waals surface area (Å²) < 4.78 is 16.2. The van der Waals surface area contributed by atoms with Gasteiger partial charge in [-0.3, -0.25) is 4.79 Å². The summed E-state index contributed by atoms with van der Waals surface area (Å²) in [5.41, 5.74) is 0.162. The summed E-state index contributed by atoms with van der Waals surface area (Å²) in [6, 6.07) is 4.49. The van der Waals surface area contributed by atoms with Gasteiger partial charge in [-0.2, -0.15) is 0 Å². The molecular weight excluding hydrogens is 428 g/mol. The minimum absolute atomic E-state index is 0.0484. The molecule has 1 heterocycles. The van der Waals surface area contributed by atoms with E-state index < -0.39 is 48.7 Å². The maximum Gasteiger partial charge on any atom is 0.335 e. The quantitative estimate of drug-likeness (QED) is 0.220. The zero-order chi connectivity index (χ0) is 24.0. The molecule has 7 N–H and O–H groups in total. The Hall–Kier alpha value is -2.48. The van der Waals surface area contributed by atoms with Crippen LogP contribution in [0.1, 0.15) is 20.8 Å². The van der Waals surface area contributed by atoms with Gasteiger partial charge in [0, 0.05) is 25.6 Å². The van der Waals surface area contributed by atoms with Crippen LogP contribution in [0, 0.1) is 0 Å². The van der Waals surface area contributed by atoms with E-state index in [-0.39, 0.29) is 29.8 Å². The Kier molecular flexibility index (Phi) is 9.19. The Labute approximate surface area is 184 Å². The first-order valence-electron chi connectivity index (χ1n) is 10.0. The molecule has 1 unspecified atom stereocenters. The van der Waals surface area contributed by atoms with E-state index in [1.807, 2.05) is 13.8 Å². The number of benzene rings is 1. The monoisotopic (exact) mass is 458 g/mol. The van der Waals surface area contributed by atoms with Crippen molar-refractivity contribution in [3.63, 3.8) is 0 Å². The average Bonchev–Trinajstić information content (AvgIpc) is 2.71. The molecule has 180 valence electrons. The minimum Gasteiger partial charge on any atom is -0.491 e. The van der Waals surface area contributed by atoms with Crippen molar-refractivity contribution in [1.82, 2.24) is 5.32 Å². The first-order valence-corrected chi connectivity index (χ1v) is 10.0. The van der Waals surface area contributed by atoms with Gasteiger partial charge in [-0.15, -0.1) is 0 Å². The highest BCUT2D eigenvalue weighted by molar-refractivity contribution is 5.90. The largest absolute Gasteiger partial charge is 0.491 e. The number of nitrogens with one attached hydrogen (secondary N) is 2. The van der Waals surface area contributed by atoms with Crippen molar-refractivity contribution in [1.29, 1.82) is 0 Å². The molecule has 6 atom stereocenters. The molecule has 0 saturated carbocycles. The van der Waals surface area contributed by atoms with Crippen molar-refractivity contribution in [3.05, 3.63) is 18.2 Å². The summed E-state index contributed by atoms with van der Waals surface area (Å²) in [7, 11) is 0. The van der Waals surface area contributed by atoms with Gasteiger partial charge >= 0.3 is 5.97 Å². The van der Waals surface area contributed by atoms with Gasteiger partial charge in [0.05, 0.1) is 5.69 Å². The SMILES string of the molecule is CC(=O)Nc1ccc(OCC(O)CNC(C)C)cc1O[C@@H]1O[C@H](C(=O)O)[C@@H](O)[C@H](O)[C@H]1O. The lowest BCUT2D eigenvalue weighted by atomic mass is 9.99. The van der Waals surface area contributed by atoms with Gasteiger partial charge in [-0.1, -0.05) is 13.8 Å². The number of aliphatic hydroxyl groups is 4. The predicted octanol–water partition coefficient (Wildman–Crippen LogP) is -1.35. The molecule has 1 aromatic rings. The lowest BCUT2D eigenvalue weighted by Gasteiger charge is -2.38. The van der Waals surface area contributed by atoms with Gasteiger partial charge in [0.15, 0.2) is 6.10 Å². The molecule has 1 aromatic carbocycles. The number of carboxylic acids is 1. The lowest BCUT2D eigenvalue weighted by Crippen LogP contribution is -2.61. The van der Waals surface area contributed by atoms with Crippen LogP contribution in [0.2, 0.25) is 0 Å². The van der Waals surface area contributed by atoms with Crippen LogP contribution < -0.4 is 20.1 Å². The second kappa shape index (κ2) is 11.4. The Balaban J connectivity index is 2.19. The summed E-state index contributed by atoms with van der Waals surface area (Å²) in [5, 5.41) is 54.7. The molecule has 0 spiro atoms. The number of rotatable bonds is 10. The number of ether oxygens (including phenoxy) is 3. The zero-order valence-electron chi connectivity index (χ0n) is 18.0. The van der Waals surface area contributed by atoms with Gasteiger partial charge in [-0.25, -0.2) is 4.79 Å². The average molecular weight is 458 g/mol. The van der Waals surface area contributed by atoms with Crippen LogP contribution in [0.25, 0.3) is 0 Å². The highest BCUT2D eigenvalue weighted by Crippen LogP contribution is 2.33. The van der Waals surface area contributed by atoms with Gasteiger partial charge in [0.25, 0.3) is 0 Å². The third-order valence-electron chi connectivity index (χ3n) is 4.52. The molecule has 32 heavy (non-hydrogen) atoms. The van der Waals surface area contributed by atoms with E-state index >= 15 is 0 Å². The number of hydrogen-bond acceptors (Lipinski definition) is 10. The lowest BCUT2D eigenvalue weighted by molar-refractivity contribution is -0.271. The highest BCUT2D eigenvalue weighted by atomic mass is 16.7. The number of carbonyl (C=O) groups is 2. The maximum absolute atomic E-state index is 11.5. The zero-order valence-corrected chi connectivity index (χ0v) is 18.0. The second-order valence-electron chi connectivity index (χ2n) is 7.72. The van der Waals surface area contributed by atoms with E-state index in [1.54, 1.807) is 0 Å². The van der Waals surface area contributed by atoms with Gasteiger partial charge in [-0.05, 0) is 12.1 Å². The number of anilines is 1. The van der Waals surface area contributed by atoms with Crippen LogP contribution in [0.4, 0.5) is 5.69 Å². The topological polar surface area (TPSA) is 187 Å². The number of hydrogen-bond donors (Lipinski definition) is 7. The summed E-state index contributed by atoms with van der Waals surface area (Å²) >= 11 is 0. The van der Waals surface area contributed by atoms with Crippen LogP contribution in [0.3, 0.4) is 0 Å². The molecule has 0 bridgehead atoms. The normalized spacial score (nSPS) is 26.4.